The van der Waals surface area contributed by atoms with Gasteiger partial charge in [0.2, 0.25) is 10.0 Å². The van der Waals surface area contributed by atoms with Gasteiger partial charge in [-0.3, -0.25) is 9.69 Å². The summed E-state index contributed by atoms with van der Waals surface area (Å²) in [5.74, 6) is -0.383. The largest absolute Gasteiger partial charge is 0.481 e. The predicted molar refractivity (Wildman–Crippen MR) is 117 cm³/mol. The minimum Gasteiger partial charge on any atom is -0.481 e. The van der Waals surface area contributed by atoms with Crippen LogP contribution in [0.1, 0.15) is 6.42 Å². The van der Waals surface area contributed by atoms with Gasteiger partial charge in [0.25, 0.3) is 0 Å². The van der Waals surface area contributed by atoms with Gasteiger partial charge in [-0.2, -0.15) is 4.31 Å². The van der Waals surface area contributed by atoms with Crippen LogP contribution in [0, 0.1) is 0 Å². The molecule has 3 aromatic carbocycles. The highest BCUT2D eigenvalue weighted by atomic mass is 32.2. The van der Waals surface area contributed by atoms with E-state index in [0.29, 0.717) is 29.1 Å². The summed E-state index contributed by atoms with van der Waals surface area (Å²) in [6.07, 6.45) is -0.854. The van der Waals surface area contributed by atoms with Crippen LogP contribution in [-0.4, -0.2) is 61.1 Å². The fraction of sp³-hybridized carbons (Fsp3) is 0.261. The summed E-state index contributed by atoms with van der Waals surface area (Å²) >= 11 is 0. The van der Waals surface area contributed by atoms with Crippen LogP contribution in [0.2, 0.25) is 0 Å². The number of aliphatic carboxylic acids is 1. The van der Waals surface area contributed by atoms with Gasteiger partial charge in [-0.05, 0) is 23.6 Å². The number of rotatable bonds is 7. The number of fused-ring (bicyclic) bond motifs is 1. The lowest BCUT2D eigenvalue weighted by atomic mass is 10.1. The van der Waals surface area contributed by atoms with Gasteiger partial charge in [0, 0.05) is 31.6 Å². The van der Waals surface area contributed by atoms with E-state index in [1.54, 1.807) is 24.3 Å². The van der Waals surface area contributed by atoms with Gasteiger partial charge in [0.1, 0.15) is 5.75 Å². The van der Waals surface area contributed by atoms with Crippen LogP contribution in [0.3, 0.4) is 0 Å². The lowest BCUT2D eigenvalue weighted by Crippen LogP contribution is -2.53. The number of ether oxygens (including phenoxy) is 1. The summed E-state index contributed by atoms with van der Waals surface area (Å²) in [7, 11) is -3.67. The van der Waals surface area contributed by atoms with Crippen LogP contribution in [0.25, 0.3) is 10.8 Å². The van der Waals surface area contributed by atoms with Gasteiger partial charge in [-0.15, -0.1) is 0 Å². The van der Waals surface area contributed by atoms with Crippen LogP contribution < -0.4 is 4.74 Å². The number of para-hydroxylation sites is 1. The van der Waals surface area contributed by atoms with Crippen LogP contribution >= 0.6 is 0 Å². The van der Waals surface area contributed by atoms with E-state index >= 15 is 0 Å². The average molecular weight is 441 g/mol. The number of nitrogens with zero attached hydrogens (tertiary/aromatic N) is 2. The SMILES string of the molecule is O=C(O)CC(Oc1ccccc1)N1CCN(S(=O)(=O)c2cccc3ccccc23)CC1. The average Bonchev–Trinajstić information content (AvgIpc) is 2.79. The maximum atomic E-state index is 13.3. The molecule has 1 fully saturated rings. The molecule has 1 unspecified atom stereocenters. The molecule has 8 heteroatoms. The molecule has 7 nitrogen and oxygen atoms in total. The maximum Gasteiger partial charge on any atom is 0.308 e. The van der Waals surface area contributed by atoms with Crippen molar-refractivity contribution in [1.82, 2.24) is 9.21 Å². The van der Waals surface area contributed by atoms with Crippen LogP contribution in [0.15, 0.2) is 77.7 Å². The van der Waals surface area contributed by atoms with E-state index in [1.807, 2.05) is 53.4 Å². The first-order chi connectivity index (χ1) is 14.9. The molecule has 162 valence electrons. The monoisotopic (exact) mass is 440 g/mol. The molecule has 4 rings (SSSR count). The molecule has 1 saturated heterocycles. The fourth-order valence-electron chi connectivity index (χ4n) is 3.84. The van der Waals surface area contributed by atoms with Crippen molar-refractivity contribution < 1.29 is 23.1 Å². The van der Waals surface area contributed by atoms with E-state index in [-0.39, 0.29) is 19.5 Å². The molecule has 0 aliphatic carbocycles. The van der Waals surface area contributed by atoms with Gasteiger partial charge < -0.3 is 9.84 Å². The van der Waals surface area contributed by atoms with Crippen LogP contribution in [0.4, 0.5) is 0 Å². The molecular formula is C23H24N2O5S. The second-order valence-electron chi connectivity index (χ2n) is 7.40. The minimum absolute atomic E-state index is 0.190. The molecule has 3 aromatic rings. The number of hydrogen-bond donors (Lipinski definition) is 1. The van der Waals surface area contributed by atoms with Crippen molar-refractivity contribution >= 4 is 26.8 Å². The molecule has 1 atom stereocenters. The first kappa shape index (κ1) is 21.3. The number of piperazine rings is 1. The third kappa shape index (κ3) is 4.71. The smallest absolute Gasteiger partial charge is 0.308 e. The van der Waals surface area contributed by atoms with Crippen molar-refractivity contribution in [3.05, 3.63) is 72.8 Å². The van der Waals surface area contributed by atoms with Crippen molar-refractivity contribution in [2.75, 3.05) is 26.2 Å². The number of carboxylic acids is 1. The van der Waals surface area contributed by atoms with E-state index in [0.717, 1.165) is 5.39 Å². The first-order valence-electron chi connectivity index (χ1n) is 10.1. The van der Waals surface area contributed by atoms with Crippen molar-refractivity contribution in [1.29, 1.82) is 0 Å². The van der Waals surface area contributed by atoms with Crippen molar-refractivity contribution in [2.45, 2.75) is 17.5 Å². The standard InChI is InChI=1S/C23H24N2O5S/c26-23(27)17-22(30-19-9-2-1-3-10-19)24-13-15-25(16-14-24)31(28,29)21-12-6-8-18-7-4-5-11-20(18)21/h1-12,22H,13-17H2,(H,26,27). The van der Waals surface area contributed by atoms with Gasteiger partial charge in [0.05, 0.1) is 11.3 Å². The van der Waals surface area contributed by atoms with Gasteiger partial charge in [-0.25, -0.2) is 8.42 Å². The Balaban J connectivity index is 1.50. The highest BCUT2D eigenvalue weighted by Crippen LogP contribution is 2.27. The summed E-state index contributed by atoms with van der Waals surface area (Å²) < 4.78 is 34.0. The van der Waals surface area contributed by atoms with Crippen LogP contribution in [-0.2, 0) is 14.8 Å². The summed E-state index contributed by atoms with van der Waals surface area (Å²) in [6.45, 7) is 1.29. The van der Waals surface area contributed by atoms with E-state index in [2.05, 4.69) is 0 Å². The molecular weight excluding hydrogens is 416 g/mol. The molecule has 1 N–H and O–H groups in total. The third-order valence-corrected chi connectivity index (χ3v) is 7.37. The molecule has 0 aromatic heterocycles. The predicted octanol–water partition coefficient (Wildman–Crippen LogP) is 3.03. The summed E-state index contributed by atoms with van der Waals surface area (Å²) in [4.78, 5) is 13.5. The summed E-state index contributed by atoms with van der Waals surface area (Å²) in [5.41, 5.74) is 0. The zero-order valence-electron chi connectivity index (χ0n) is 16.9. The Kier molecular flexibility index (Phi) is 6.22. The quantitative estimate of drug-likeness (QED) is 0.608. The topological polar surface area (TPSA) is 87.2 Å². The van der Waals surface area contributed by atoms with Crippen molar-refractivity contribution in [3.8, 4) is 5.75 Å². The number of carboxylic acid groups (broad SMARTS) is 1. The molecule has 1 aliphatic heterocycles. The Labute approximate surface area is 181 Å². The lowest BCUT2D eigenvalue weighted by molar-refractivity contribution is -0.142. The van der Waals surface area contributed by atoms with Gasteiger partial charge >= 0.3 is 5.97 Å². The Morgan fingerprint density at radius 1 is 0.903 bits per heavy atom. The van der Waals surface area contributed by atoms with Crippen molar-refractivity contribution in [2.24, 2.45) is 0 Å². The highest BCUT2D eigenvalue weighted by molar-refractivity contribution is 7.89. The molecule has 0 radical (unpaired) electrons. The van der Waals surface area contributed by atoms with E-state index in [4.69, 9.17) is 4.74 Å². The number of sulfonamides is 1. The number of benzene rings is 3. The molecule has 0 spiro atoms. The maximum absolute atomic E-state index is 13.3. The normalized spacial score (nSPS) is 16.8. The second-order valence-corrected chi connectivity index (χ2v) is 9.31. The highest BCUT2D eigenvalue weighted by Gasteiger charge is 2.33. The Morgan fingerprint density at radius 2 is 1.55 bits per heavy atom. The van der Waals surface area contributed by atoms with Gasteiger partial charge in [0.15, 0.2) is 6.23 Å². The molecule has 1 aliphatic rings. The van der Waals surface area contributed by atoms with E-state index in [9.17, 15) is 18.3 Å². The molecule has 0 amide bonds. The first-order valence-corrected chi connectivity index (χ1v) is 11.5. The molecule has 31 heavy (non-hydrogen) atoms. The molecule has 1 heterocycles. The molecule has 0 bridgehead atoms. The van der Waals surface area contributed by atoms with Gasteiger partial charge in [-0.1, -0.05) is 54.6 Å². The lowest BCUT2D eigenvalue weighted by Gasteiger charge is -2.38. The van der Waals surface area contributed by atoms with E-state index < -0.39 is 22.2 Å². The Morgan fingerprint density at radius 3 is 2.26 bits per heavy atom. The third-order valence-electron chi connectivity index (χ3n) is 5.41. The van der Waals surface area contributed by atoms with E-state index in [1.165, 1.54) is 4.31 Å². The zero-order valence-corrected chi connectivity index (χ0v) is 17.7. The fourth-order valence-corrected chi connectivity index (χ4v) is 5.48. The Hall–Kier alpha value is -2.94. The summed E-state index contributed by atoms with van der Waals surface area (Å²) in [6, 6.07) is 21.7. The second kappa shape index (κ2) is 9.05. The minimum atomic E-state index is -3.67. The van der Waals surface area contributed by atoms with Crippen molar-refractivity contribution in [3.63, 3.8) is 0 Å². The Bertz CT molecular complexity index is 1150. The number of carbonyl (C=O) groups is 1. The molecule has 0 saturated carbocycles. The summed E-state index contributed by atoms with van der Waals surface area (Å²) in [5, 5.41) is 10.9. The number of hydrogen-bond acceptors (Lipinski definition) is 5. The van der Waals surface area contributed by atoms with Crippen LogP contribution in [0.5, 0.6) is 5.75 Å². The zero-order chi connectivity index (χ0) is 21.8.